The van der Waals surface area contributed by atoms with Gasteiger partial charge in [-0.1, -0.05) is 31.9 Å². The first-order valence-corrected chi connectivity index (χ1v) is 6.10. The smallest absolute Gasteiger partial charge is 0.240 e. The molecule has 0 aliphatic carbocycles. The molecule has 1 amide bonds. The predicted molar refractivity (Wildman–Crippen MR) is 63.8 cm³/mol. The van der Waals surface area contributed by atoms with Crippen LogP contribution in [0.15, 0.2) is 28.7 Å². The molecule has 1 aliphatic rings. The lowest BCUT2D eigenvalue weighted by molar-refractivity contribution is -0.116. The van der Waals surface area contributed by atoms with Gasteiger partial charge in [-0.05, 0) is 30.7 Å². The molecule has 1 saturated heterocycles. The van der Waals surface area contributed by atoms with Gasteiger partial charge < -0.3 is 4.90 Å². The first-order valence-electron chi connectivity index (χ1n) is 4.39. The third-order valence-electron chi connectivity index (χ3n) is 2.28. The maximum atomic E-state index is 11.7. The van der Waals surface area contributed by atoms with E-state index in [0.717, 1.165) is 23.1 Å². The van der Waals surface area contributed by atoms with Gasteiger partial charge in [-0.15, -0.1) is 0 Å². The van der Waals surface area contributed by atoms with Crippen molar-refractivity contribution in [2.45, 2.75) is 11.2 Å². The van der Waals surface area contributed by atoms with Crippen molar-refractivity contribution in [1.29, 1.82) is 0 Å². The van der Waals surface area contributed by atoms with Gasteiger partial charge in [-0.2, -0.15) is 0 Å². The van der Waals surface area contributed by atoms with E-state index < -0.39 is 0 Å². The minimum atomic E-state index is -0.00820. The molecule has 2 rings (SSSR count). The summed E-state index contributed by atoms with van der Waals surface area (Å²) in [5.74, 6) is 0.160. The van der Waals surface area contributed by atoms with E-state index in [-0.39, 0.29) is 10.7 Å². The first-order chi connectivity index (χ1) is 6.68. The molecule has 1 aromatic rings. The molecule has 1 unspecified atom stereocenters. The molecule has 0 N–H and O–H groups in total. The van der Waals surface area contributed by atoms with Gasteiger partial charge in [-0.3, -0.25) is 4.79 Å². The third kappa shape index (κ3) is 1.86. The minimum Gasteiger partial charge on any atom is -0.311 e. The number of hydrogen-bond acceptors (Lipinski definition) is 1. The summed E-state index contributed by atoms with van der Waals surface area (Å²) < 4.78 is 1.03. The van der Waals surface area contributed by atoms with E-state index in [1.54, 1.807) is 0 Å². The van der Waals surface area contributed by atoms with Gasteiger partial charge in [0.1, 0.15) is 0 Å². The topological polar surface area (TPSA) is 20.3 Å². The van der Waals surface area contributed by atoms with Gasteiger partial charge >= 0.3 is 0 Å². The van der Waals surface area contributed by atoms with Crippen LogP contribution in [-0.4, -0.2) is 17.3 Å². The van der Waals surface area contributed by atoms with Gasteiger partial charge in [0.05, 0.1) is 4.83 Å². The van der Waals surface area contributed by atoms with Gasteiger partial charge in [0.2, 0.25) is 5.91 Å². The number of rotatable bonds is 1. The SMILES string of the molecule is O=C1C(Br)CCN1c1ccc(Br)cc1. The zero-order chi connectivity index (χ0) is 10.1. The molecule has 1 fully saturated rings. The lowest BCUT2D eigenvalue weighted by Crippen LogP contribution is -2.26. The second-order valence-electron chi connectivity index (χ2n) is 3.22. The highest BCUT2D eigenvalue weighted by Gasteiger charge is 2.30. The Morgan fingerprint density at radius 2 is 1.93 bits per heavy atom. The number of halogens is 2. The predicted octanol–water partition coefficient (Wildman–Crippen LogP) is 2.95. The summed E-state index contributed by atoms with van der Waals surface area (Å²) in [5.41, 5.74) is 0.972. The number of hydrogen-bond donors (Lipinski definition) is 0. The van der Waals surface area contributed by atoms with Gasteiger partial charge in [-0.25, -0.2) is 0 Å². The number of benzene rings is 1. The van der Waals surface area contributed by atoms with E-state index in [0.29, 0.717) is 0 Å². The van der Waals surface area contributed by atoms with Gasteiger partial charge in [0.25, 0.3) is 0 Å². The van der Waals surface area contributed by atoms with Gasteiger partial charge in [0.15, 0.2) is 0 Å². The number of nitrogens with zero attached hydrogens (tertiary/aromatic N) is 1. The molecule has 14 heavy (non-hydrogen) atoms. The van der Waals surface area contributed by atoms with Crippen molar-refractivity contribution < 1.29 is 4.79 Å². The van der Waals surface area contributed by atoms with E-state index in [9.17, 15) is 4.79 Å². The minimum absolute atomic E-state index is 0.00820. The van der Waals surface area contributed by atoms with Crippen LogP contribution in [0, 0.1) is 0 Å². The average Bonchev–Trinajstić information content (AvgIpc) is 2.50. The van der Waals surface area contributed by atoms with E-state index in [1.807, 2.05) is 29.2 Å². The number of carbonyl (C=O) groups excluding carboxylic acids is 1. The Hall–Kier alpha value is -0.350. The number of carbonyl (C=O) groups is 1. The summed E-state index contributed by atoms with van der Waals surface area (Å²) in [4.78, 5) is 13.5. The van der Waals surface area contributed by atoms with Crippen LogP contribution in [0.4, 0.5) is 5.69 Å². The Kier molecular flexibility index (Phi) is 2.93. The van der Waals surface area contributed by atoms with Crippen molar-refractivity contribution >= 4 is 43.5 Å². The standard InChI is InChI=1S/C10H9Br2NO/c11-7-1-3-8(4-2-7)13-6-5-9(12)10(13)14/h1-4,9H,5-6H2. The van der Waals surface area contributed by atoms with E-state index in [2.05, 4.69) is 31.9 Å². The van der Waals surface area contributed by atoms with Crippen LogP contribution in [-0.2, 0) is 4.79 Å². The molecule has 0 spiro atoms. The van der Waals surface area contributed by atoms with Crippen molar-refractivity contribution in [2.24, 2.45) is 0 Å². The maximum absolute atomic E-state index is 11.7. The van der Waals surface area contributed by atoms with Crippen LogP contribution < -0.4 is 4.90 Å². The normalized spacial score (nSPS) is 21.7. The summed E-state index contributed by atoms with van der Waals surface area (Å²) >= 11 is 6.72. The molecule has 4 heteroatoms. The van der Waals surface area contributed by atoms with Crippen LogP contribution in [0.5, 0.6) is 0 Å². The quantitative estimate of drug-likeness (QED) is 0.729. The van der Waals surface area contributed by atoms with E-state index in [1.165, 1.54) is 0 Å². The molecular weight excluding hydrogens is 310 g/mol. The summed E-state index contributed by atoms with van der Waals surface area (Å²) in [6.07, 6.45) is 0.884. The van der Waals surface area contributed by atoms with Crippen LogP contribution in [0.1, 0.15) is 6.42 Å². The fourth-order valence-corrected chi connectivity index (χ4v) is 2.24. The van der Waals surface area contributed by atoms with Crippen molar-refractivity contribution in [3.8, 4) is 0 Å². The first kappa shape index (κ1) is 10.2. The Balaban J connectivity index is 2.24. The summed E-state index contributed by atoms with van der Waals surface area (Å²) in [7, 11) is 0. The highest BCUT2D eigenvalue weighted by atomic mass is 79.9. The maximum Gasteiger partial charge on any atom is 0.240 e. The Morgan fingerprint density at radius 3 is 2.43 bits per heavy atom. The van der Waals surface area contributed by atoms with Crippen LogP contribution in [0.3, 0.4) is 0 Å². The zero-order valence-electron chi connectivity index (χ0n) is 7.41. The van der Waals surface area contributed by atoms with Crippen LogP contribution in [0.25, 0.3) is 0 Å². The highest BCUT2D eigenvalue weighted by molar-refractivity contribution is 9.10. The Bertz CT molecular complexity index is 350. The molecule has 1 atom stereocenters. The zero-order valence-corrected chi connectivity index (χ0v) is 10.6. The second-order valence-corrected chi connectivity index (χ2v) is 5.24. The molecule has 2 nitrogen and oxygen atoms in total. The van der Waals surface area contributed by atoms with Crippen LogP contribution >= 0.6 is 31.9 Å². The Labute approximate surface area is 99.5 Å². The summed E-state index contributed by atoms with van der Waals surface area (Å²) in [6, 6.07) is 7.80. The highest BCUT2D eigenvalue weighted by Crippen LogP contribution is 2.26. The number of alkyl halides is 1. The lowest BCUT2D eigenvalue weighted by atomic mass is 10.3. The van der Waals surface area contributed by atoms with Crippen molar-refractivity contribution in [3.63, 3.8) is 0 Å². The molecule has 74 valence electrons. The van der Waals surface area contributed by atoms with Crippen molar-refractivity contribution in [1.82, 2.24) is 0 Å². The van der Waals surface area contributed by atoms with Crippen molar-refractivity contribution in [2.75, 3.05) is 11.4 Å². The molecular formula is C10H9Br2NO. The molecule has 0 saturated carbocycles. The van der Waals surface area contributed by atoms with Crippen molar-refractivity contribution in [3.05, 3.63) is 28.7 Å². The van der Waals surface area contributed by atoms with E-state index >= 15 is 0 Å². The molecule has 0 aromatic heterocycles. The summed E-state index contributed by atoms with van der Waals surface area (Å²) in [5, 5.41) is 0. The molecule has 1 aliphatic heterocycles. The van der Waals surface area contributed by atoms with E-state index in [4.69, 9.17) is 0 Å². The fourth-order valence-electron chi connectivity index (χ4n) is 1.52. The second kappa shape index (κ2) is 4.03. The third-order valence-corrected chi connectivity index (χ3v) is 3.66. The molecule has 0 radical (unpaired) electrons. The van der Waals surface area contributed by atoms with Crippen LogP contribution in [0.2, 0.25) is 0 Å². The number of amides is 1. The molecule has 1 aromatic carbocycles. The number of anilines is 1. The Morgan fingerprint density at radius 1 is 1.29 bits per heavy atom. The molecule has 0 bridgehead atoms. The lowest BCUT2D eigenvalue weighted by Gasteiger charge is -2.15. The summed E-state index contributed by atoms with van der Waals surface area (Å²) in [6.45, 7) is 0.802. The fraction of sp³-hybridized carbons (Fsp3) is 0.300. The monoisotopic (exact) mass is 317 g/mol. The molecule has 1 heterocycles. The average molecular weight is 319 g/mol. The van der Waals surface area contributed by atoms with Gasteiger partial charge in [0, 0.05) is 16.7 Å². The largest absolute Gasteiger partial charge is 0.311 e.